The number of nitrogens with zero attached hydrogens (tertiary/aromatic N) is 1. The molecular formula is C19H19N3O2. The van der Waals surface area contributed by atoms with Crippen LogP contribution in [0.25, 0.3) is 0 Å². The molecule has 2 rings (SSSR count). The van der Waals surface area contributed by atoms with Crippen LogP contribution in [0.5, 0.6) is 0 Å². The van der Waals surface area contributed by atoms with Crippen molar-refractivity contribution in [3.63, 3.8) is 0 Å². The normalized spacial score (nSPS) is 9.71. The van der Waals surface area contributed by atoms with Gasteiger partial charge in [0, 0.05) is 36.6 Å². The van der Waals surface area contributed by atoms with Crippen molar-refractivity contribution in [1.82, 2.24) is 4.90 Å². The smallest absolute Gasteiger partial charge is 0.253 e. The standard InChI is InChI=1S/C19H19N3O2/c1-4-14-7-5-9-16(11-14)20-13-18(23)21-17-10-6-8-15(12-17)19(24)22(2)3/h1,5-12,20H,13H2,2-3H3,(H,21,23). The second-order valence-electron chi connectivity index (χ2n) is 5.41. The summed E-state index contributed by atoms with van der Waals surface area (Å²) in [5, 5.41) is 5.77. The van der Waals surface area contributed by atoms with Gasteiger partial charge >= 0.3 is 0 Å². The van der Waals surface area contributed by atoms with Crippen molar-refractivity contribution >= 4 is 23.2 Å². The van der Waals surface area contributed by atoms with Gasteiger partial charge in [-0.3, -0.25) is 9.59 Å². The third-order valence-corrected chi connectivity index (χ3v) is 3.28. The minimum absolute atomic E-state index is 0.0971. The van der Waals surface area contributed by atoms with Gasteiger partial charge in [0.2, 0.25) is 5.91 Å². The molecular weight excluding hydrogens is 302 g/mol. The molecule has 0 heterocycles. The zero-order chi connectivity index (χ0) is 17.5. The number of hydrogen-bond donors (Lipinski definition) is 2. The quantitative estimate of drug-likeness (QED) is 0.832. The molecule has 0 fully saturated rings. The van der Waals surface area contributed by atoms with Gasteiger partial charge in [0.25, 0.3) is 5.91 Å². The molecule has 0 unspecified atom stereocenters. The van der Waals surface area contributed by atoms with Gasteiger partial charge < -0.3 is 15.5 Å². The Morgan fingerprint density at radius 1 is 1.08 bits per heavy atom. The summed E-state index contributed by atoms with van der Waals surface area (Å²) >= 11 is 0. The predicted octanol–water partition coefficient (Wildman–Crippen LogP) is 2.42. The highest BCUT2D eigenvalue weighted by Crippen LogP contribution is 2.13. The Morgan fingerprint density at radius 2 is 1.79 bits per heavy atom. The van der Waals surface area contributed by atoms with Crippen LogP contribution in [0, 0.1) is 12.3 Å². The lowest BCUT2D eigenvalue weighted by Crippen LogP contribution is -2.23. The molecule has 2 aromatic carbocycles. The lowest BCUT2D eigenvalue weighted by molar-refractivity contribution is -0.114. The van der Waals surface area contributed by atoms with E-state index < -0.39 is 0 Å². The van der Waals surface area contributed by atoms with Gasteiger partial charge in [-0.05, 0) is 36.4 Å². The van der Waals surface area contributed by atoms with Crippen molar-refractivity contribution in [1.29, 1.82) is 0 Å². The number of rotatable bonds is 5. The van der Waals surface area contributed by atoms with E-state index >= 15 is 0 Å². The van der Waals surface area contributed by atoms with Crippen LogP contribution in [0.3, 0.4) is 0 Å². The van der Waals surface area contributed by atoms with E-state index in [-0.39, 0.29) is 18.4 Å². The van der Waals surface area contributed by atoms with Crippen LogP contribution in [-0.4, -0.2) is 37.4 Å². The fourth-order valence-electron chi connectivity index (χ4n) is 2.09. The van der Waals surface area contributed by atoms with E-state index in [2.05, 4.69) is 16.6 Å². The Morgan fingerprint density at radius 3 is 2.50 bits per heavy atom. The first kappa shape index (κ1) is 17.1. The average molecular weight is 321 g/mol. The van der Waals surface area contributed by atoms with Crippen LogP contribution in [-0.2, 0) is 4.79 Å². The Kier molecular flexibility index (Phi) is 5.58. The zero-order valence-corrected chi connectivity index (χ0v) is 13.7. The van der Waals surface area contributed by atoms with Crippen molar-refractivity contribution in [2.24, 2.45) is 0 Å². The van der Waals surface area contributed by atoms with Gasteiger partial charge in [0.05, 0.1) is 6.54 Å². The van der Waals surface area contributed by atoms with Crippen LogP contribution < -0.4 is 10.6 Å². The molecule has 2 N–H and O–H groups in total. The molecule has 5 nitrogen and oxygen atoms in total. The molecule has 0 bridgehead atoms. The maximum Gasteiger partial charge on any atom is 0.253 e. The average Bonchev–Trinajstić information content (AvgIpc) is 2.59. The zero-order valence-electron chi connectivity index (χ0n) is 13.7. The summed E-state index contributed by atoms with van der Waals surface area (Å²) in [5.74, 6) is 2.22. The van der Waals surface area contributed by atoms with Crippen molar-refractivity contribution in [2.75, 3.05) is 31.3 Å². The van der Waals surface area contributed by atoms with Crippen molar-refractivity contribution < 1.29 is 9.59 Å². The van der Waals surface area contributed by atoms with Crippen molar-refractivity contribution in [2.45, 2.75) is 0 Å². The van der Waals surface area contributed by atoms with E-state index in [9.17, 15) is 9.59 Å². The van der Waals surface area contributed by atoms with E-state index in [1.165, 1.54) is 4.90 Å². The SMILES string of the molecule is C#Cc1cccc(NCC(=O)Nc2cccc(C(=O)N(C)C)c2)c1. The van der Waals surface area contributed by atoms with Gasteiger partial charge in [0.1, 0.15) is 0 Å². The fourth-order valence-corrected chi connectivity index (χ4v) is 2.09. The van der Waals surface area contributed by atoms with E-state index in [1.54, 1.807) is 44.4 Å². The topological polar surface area (TPSA) is 61.4 Å². The summed E-state index contributed by atoms with van der Waals surface area (Å²) < 4.78 is 0. The summed E-state index contributed by atoms with van der Waals surface area (Å²) in [6.45, 7) is 0.0971. The fraction of sp³-hybridized carbons (Fsp3) is 0.158. The van der Waals surface area contributed by atoms with Gasteiger partial charge in [-0.25, -0.2) is 0 Å². The van der Waals surface area contributed by atoms with Crippen LogP contribution in [0.1, 0.15) is 15.9 Å². The number of terminal acetylenes is 1. The lowest BCUT2D eigenvalue weighted by atomic mass is 10.2. The van der Waals surface area contributed by atoms with Crippen LogP contribution in [0.15, 0.2) is 48.5 Å². The molecule has 0 saturated carbocycles. The van der Waals surface area contributed by atoms with Crippen molar-refractivity contribution in [3.05, 3.63) is 59.7 Å². The lowest BCUT2D eigenvalue weighted by Gasteiger charge is -2.12. The van der Waals surface area contributed by atoms with Crippen molar-refractivity contribution in [3.8, 4) is 12.3 Å². The third kappa shape index (κ3) is 4.62. The monoisotopic (exact) mass is 321 g/mol. The number of anilines is 2. The van der Waals surface area contributed by atoms with Crippen LogP contribution in [0.4, 0.5) is 11.4 Å². The van der Waals surface area contributed by atoms with E-state index in [1.807, 2.05) is 18.2 Å². The number of hydrogen-bond acceptors (Lipinski definition) is 3. The summed E-state index contributed by atoms with van der Waals surface area (Å²) in [5.41, 5.74) is 2.62. The molecule has 2 aromatic rings. The summed E-state index contributed by atoms with van der Waals surface area (Å²) in [7, 11) is 3.36. The minimum Gasteiger partial charge on any atom is -0.376 e. The molecule has 0 aliphatic carbocycles. The summed E-state index contributed by atoms with van der Waals surface area (Å²) in [4.78, 5) is 25.5. The van der Waals surface area contributed by atoms with Crippen LogP contribution in [0.2, 0.25) is 0 Å². The van der Waals surface area contributed by atoms with E-state index in [4.69, 9.17) is 6.42 Å². The molecule has 0 spiro atoms. The summed E-state index contributed by atoms with van der Waals surface area (Å²) in [6, 6.07) is 14.1. The third-order valence-electron chi connectivity index (χ3n) is 3.28. The van der Waals surface area contributed by atoms with Gasteiger partial charge in [-0.2, -0.15) is 0 Å². The first-order valence-electron chi connectivity index (χ1n) is 7.41. The molecule has 2 amide bonds. The Bertz CT molecular complexity index is 791. The van der Waals surface area contributed by atoms with Gasteiger partial charge in [-0.15, -0.1) is 6.42 Å². The first-order valence-corrected chi connectivity index (χ1v) is 7.41. The maximum atomic E-state index is 12.0. The summed E-state index contributed by atoms with van der Waals surface area (Å²) in [6.07, 6.45) is 5.35. The Hall–Kier alpha value is -3.26. The van der Waals surface area contributed by atoms with Gasteiger partial charge in [-0.1, -0.05) is 18.1 Å². The second-order valence-corrected chi connectivity index (χ2v) is 5.41. The maximum absolute atomic E-state index is 12.0. The largest absolute Gasteiger partial charge is 0.376 e. The molecule has 0 radical (unpaired) electrons. The molecule has 0 aromatic heterocycles. The van der Waals surface area contributed by atoms with Gasteiger partial charge in [0.15, 0.2) is 0 Å². The molecule has 0 aliphatic rings. The first-order chi connectivity index (χ1) is 11.5. The van der Waals surface area contributed by atoms with Crippen LogP contribution >= 0.6 is 0 Å². The number of amides is 2. The number of carbonyl (C=O) groups is 2. The molecule has 0 saturated heterocycles. The van der Waals surface area contributed by atoms with E-state index in [0.717, 1.165) is 11.3 Å². The highest BCUT2D eigenvalue weighted by Gasteiger charge is 2.09. The predicted molar refractivity (Wildman–Crippen MR) is 96.0 cm³/mol. The number of benzene rings is 2. The highest BCUT2D eigenvalue weighted by molar-refractivity contribution is 5.97. The Balaban J connectivity index is 1.96. The minimum atomic E-state index is -0.212. The number of carbonyl (C=O) groups excluding carboxylic acids is 2. The van der Waals surface area contributed by atoms with E-state index in [0.29, 0.717) is 11.3 Å². The Labute approximate surface area is 141 Å². The number of nitrogens with one attached hydrogen (secondary N) is 2. The highest BCUT2D eigenvalue weighted by atomic mass is 16.2. The molecule has 0 atom stereocenters. The molecule has 5 heteroatoms. The molecule has 0 aliphatic heterocycles. The second kappa shape index (κ2) is 7.84. The molecule has 24 heavy (non-hydrogen) atoms. The molecule has 122 valence electrons.